The van der Waals surface area contributed by atoms with Crippen molar-refractivity contribution in [3.8, 4) is 0 Å². The molecule has 1 fully saturated rings. The third-order valence-corrected chi connectivity index (χ3v) is 5.87. The van der Waals surface area contributed by atoms with E-state index in [0.717, 1.165) is 12.1 Å². The number of rotatable bonds is 7. The molecule has 0 bridgehead atoms. The van der Waals surface area contributed by atoms with E-state index in [-0.39, 0.29) is 11.5 Å². The topological polar surface area (TPSA) is 50.5 Å². The Morgan fingerprint density at radius 1 is 1.30 bits per heavy atom. The van der Waals surface area contributed by atoms with Crippen LogP contribution in [0.1, 0.15) is 44.6 Å². The second-order valence-corrected chi connectivity index (χ2v) is 8.10. The number of nitrogens with zero attached hydrogens (tertiary/aromatic N) is 1. The van der Waals surface area contributed by atoms with Crippen LogP contribution in [-0.4, -0.2) is 37.4 Å². The molecule has 1 heterocycles. The Kier molecular flexibility index (Phi) is 5.66. The van der Waals surface area contributed by atoms with Crippen molar-refractivity contribution >= 4 is 9.84 Å². The summed E-state index contributed by atoms with van der Waals surface area (Å²) in [6, 6.07) is 2.48. The molecule has 1 aromatic heterocycles. The van der Waals surface area contributed by atoms with Gasteiger partial charge in [0, 0.05) is 30.4 Å². The zero-order valence-electron chi connectivity index (χ0n) is 12.3. The van der Waals surface area contributed by atoms with Crippen LogP contribution in [0.4, 0.5) is 0 Å². The van der Waals surface area contributed by atoms with Crippen LogP contribution in [0, 0.1) is 0 Å². The SMILES string of the molecule is CCS(=O)(=O)CCN(Cc1ccoc1)C1CCCCC1. The van der Waals surface area contributed by atoms with Crippen LogP contribution < -0.4 is 0 Å². The van der Waals surface area contributed by atoms with Gasteiger partial charge >= 0.3 is 0 Å². The quantitative estimate of drug-likeness (QED) is 0.777. The molecule has 114 valence electrons. The highest BCUT2D eigenvalue weighted by Gasteiger charge is 2.23. The highest BCUT2D eigenvalue weighted by Crippen LogP contribution is 2.24. The monoisotopic (exact) mass is 299 g/mol. The molecular weight excluding hydrogens is 274 g/mol. The summed E-state index contributed by atoms with van der Waals surface area (Å²) < 4.78 is 28.6. The lowest BCUT2D eigenvalue weighted by molar-refractivity contribution is 0.156. The zero-order chi connectivity index (χ0) is 14.4. The van der Waals surface area contributed by atoms with E-state index in [2.05, 4.69) is 4.90 Å². The van der Waals surface area contributed by atoms with Gasteiger partial charge in [0.1, 0.15) is 0 Å². The Labute approximate surface area is 122 Å². The van der Waals surface area contributed by atoms with E-state index in [9.17, 15) is 8.42 Å². The van der Waals surface area contributed by atoms with Crippen molar-refractivity contribution in [2.24, 2.45) is 0 Å². The first kappa shape index (κ1) is 15.6. The van der Waals surface area contributed by atoms with Crippen LogP contribution in [0.5, 0.6) is 0 Å². The van der Waals surface area contributed by atoms with Gasteiger partial charge in [-0.15, -0.1) is 0 Å². The van der Waals surface area contributed by atoms with E-state index in [0.29, 0.717) is 12.6 Å². The number of hydrogen-bond donors (Lipinski definition) is 0. The van der Waals surface area contributed by atoms with E-state index in [4.69, 9.17) is 4.42 Å². The van der Waals surface area contributed by atoms with Gasteiger partial charge < -0.3 is 4.42 Å². The Hall–Kier alpha value is -0.810. The third-order valence-electron chi connectivity index (χ3n) is 4.19. The summed E-state index contributed by atoms with van der Waals surface area (Å²) in [5.74, 6) is 0.495. The van der Waals surface area contributed by atoms with Crippen LogP contribution in [0.15, 0.2) is 23.0 Å². The maximum Gasteiger partial charge on any atom is 0.151 e. The minimum atomic E-state index is -2.90. The third kappa shape index (κ3) is 4.63. The zero-order valence-corrected chi connectivity index (χ0v) is 13.1. The molecule has 0 N–H and O–H groups in total. The Bertz CT molecular complexity index is 475. The summed E-state index contributed by atoms with van der Waals surface area (Å²) in [6.07, 6.45) is 9.62. The van der Waals surface area contributed by atoms with Crippen LogP contribution in [-0.2, 0) is 16.4 Å². The first-order chi connectivity index (χ1) is 9.61. The molecule has 5 heteroatoms. The van der Waals surface area contributed by atoms with Crippen molar-refractivity contribution in [1.29, 1.82) is 0 Å². The second-order valence-electron chi connectivity index (χ2n) is 5.63. The first-order valence-corrected chi connectivity index (χ1v) is 9.38. The predicted octanol–water partition coefficient (Wildman–Crippen LogP) is 2.85. The maximum absolute atomic E-state index is 11.7. The van der Waals surface area contributed by atoms with E-state index in [1.54, 1.807) is 19.5 Å². The standard InChI is InChI=1S/C15H25NO3S/c1-2-20(17,18)11-9-16(12-14-8-10-19-13-14)15-6-4-3-5-7-15/h8,10,13,15H,2-7,9,11-12H2,1H3. The van der Waals surface area contributed by atoms with E-state index >= 15 is 0 Å². The van der Waals surface area contributed by atoms with Gasteiger partial charge in [0.05, 0.1) is 18.3 Å². The summed E-state index contributed by atoms with van der Waals surface area (Å²) in [5.41, 5.74) is 1.13. The predicted molar refractivity (Wildman–Crippen MR) is 80.3 cm³/mol. The van der Waals surface area contributed by atoms with Gasteiger partial charge in [-0.3, -0.25) is 4.90 Å². The molecule has 1 saturated carbocycles. The number of furan rings is 1. The molecule has 0 saturated heterocycles. The summed E-state index contributed by atoms with van der Waals surface area (Å²) in [6.45, 7) is 3.14. The van der Waals surface area contributed by atoms with Gasteiger partial charge in [0.2, 0.25) is 0 Å². The lowest BCUT2D eigenvalue weighted by atomic mass is 9.94. The lowest BCUT2D eigenvalue weighted by Crippen LogP contribution is -2.39. The van der Waals surface area contributed by atoms with Gasteiger partial charge in [-0.05, 0) is 18.9 Å². The number of hydrogen-bond acceptors (Lipinski definition) is 4. The summed E-state index contributed by atoms with van der Waals surface area (Å²) in [5, 5.41) is 0. The Morgan fingerprint density at radius 2 is 2.05 bits per heavy atom. The van der Waals surface area contributed by atoms with Gasteiger partial charge in [-0.1, -0.05) is 26.2 Å². The normalized spacial score (nSPS) is 17.7. The van der Waals surface area contributed by atoms with Crippen LogP contribution in [0.2, 0.25) is 0 Å². The van der Waals surface area contributed by atoms with Crippen molar-refractivity contribution in [2.75, 3.05) is 18.1 Å². The molecule has 20 heavy (non-hydrogen) atoms. The average molecular weight is 299 g/mol. The molecule has 0 aliphatic heterocycles. The molecule has 0 radical (unpaired) electrons. The second kappa shape index (κ2) is 7.27. The fraction of sp³-hybridized carbons (Fsp3) is 0.733. The fourth-order valence-electron chi connectivity index (χ4n) is 2.85. The van der Waals surface area contributed by atoms with Crippen LogP contribution >= 0.6 is 0 Å². The van der Waals surface area contributed by atoms with Crippen molar-refractivity contribution in [1.82, 2.24) is 4.90 Å². The molecule has 0 atom stereocenters. The van der Waals surface area contributed by atoms with Crippen molar-refractivity contribution in [2.45, 2.75) is 51.6 Å². The molecule has 1 aromatic rings. The van der Waals surface area contributed by atoms with Gasteiger partial charge in [0.15, 0.2) is 9.84 Å². The van der Waals surface area contributed by atoms with Gasteiger partial charge in [0.25, 0.3) is 0 Å². The minimum absolute atomic E-state index is 0.233. The van der Waals surface area contributed by atoms with Gasteiger partial charge in [-0.25, -0.2) is 8.42 Å². The first-order valence-electron chi connectivity index (χ1n) is 7.56. The summed E-state index contributed by atoms with van der Waals surface area (Å²) >= 11 is 0. The minimum Gasteiger partial charge on any atom is -0.472 e. The lowest BCUT2D eigenvalue weighted by Gasteiger charge is -2.34. The molecule has 1 aliphatic carbocycles. The fourth-order valence-corrected chi connectivity index (χ4v) is 3.66. The summed E-state index contributed by atoms with van der Waals surface area (Å²) in [4.78, 5) is 2.33. The molecular formula is C15H25NO3S. The average Bonchev–Trinajstić information content (AvgIpc) is 2.97. The van der Waals surface area contributed by atoms with Crippen LogP contribution in [0.3, 0.4) is 0 Å². The van der Waals surface area contributed by atoms with Crippen molar-refractivity contribution < 1.29 is 12.8 Å². The van der Waals surface area contributed by atoms with E-state index in [1.807, 2.05) is 6.07 Å². The summed E-state index contributed by atoms with van der Waals surface area (Å²) in [7, 11) is -2.90. The Morgan fingerprint density at radius 3 is 2.65 bits per heavy atom. The smallest absolute Gasteiger partial charge is 0.151 e. The van der Waals surface area contributed by atoms with E-state index in [1.165, 1.54) is 32.1 Å². The largest absolute Gasteiger partial charge is 0.472 e. The molecule has 0 unspecified atom stereocenters. The molecule has 0 aromatic carbocycles. The van der Waals surface area contributed by atoms with Crippen LogP contribution in [0.25, 0.3) is 0 Å². The molecule has 4 nitrogen and oxygen atoms in total. The molecule has 0 spiro atoms. The highest BCUT2D eigenvalue weighted by atomic mass is 32.2. The molecule has 2 rings (SSSR count). The van der Waals surface area contributed by atoms with Gasteiger partial charge in [-0.2, -0.15) is 0 Å². The Balaban J connectivity index is 1.99. The van der Waals surface area contributed by atoms with Crippen molar-refractivity contribution in [3.05, 3.63) is 24.2 Å². The van der Waals surface area contributed by atoms with Crippen molar-refractivity contribution in [3.63, 3.8) is 0 Å². The molecule has 0 amide bonds. The molecule has 1 aliphatic rings. The highest BCUT2D eigenvalue weighted by molar-refractivity contribution is 7.91. The van der Waals surface area contributed by atoms with E-state index < -0.39 is 9.84 Å². The maximum atomic E-state index is 11.7. The number of sulfone groups is 1.